The number of nitrogens with one attached hydrogen (secondary N) is 3. The second-order valence-electron chi connectivity index (χ2n) is 9.07. The Kier molecular flexibility index (Phi) is 6.68. The number of benzene rings is 3. The second kappa shape index (κ2) is 10.4. The number of pyridine rings is 2. The lowest BCUT2D eigenvalue weighted by molar-refractivity contribution is -0.671. The fourth-order valence-electron chi connectivity index (χ4n) is 3.98. The summed E-state index contributed by atoms with van der Waals surface area (Å²) in [5.74, 6) is -0.159. The van der Waals surface area contributed by atoms with Crippen molar-refractivity contribution in [2.24, 2.45) is 7.05 Å². The molecule has 2 aromatic heterocycles. The van der Waals surface area contributed by atoms with E-state index in [0.29, 0.717) is 5.56 Å². The van der Waals surface area contributed by atoms with E-state index in [1.165, 1.54) is 0 Å². The van der Waals surface area contributed by atoms with Gasteiger partial charge < -0.3 is 20.9 Å². The van der Waals surface area contributed by atoms with Crippen LogP contribution in [0.25, 0.3) is 10.9 Å². The summed E-state index contributed by atoms with van der Waals surface area (Å²) in [7, 11) is 6.01. The first-order chi connectivity index (χ1) is 17.9. The molecule has 3 N–H and O–H groups in total. The maximum atomic E-state index is 12.8. The average molecular weight is 490 g/mol. The monoisotopic (exact) mass is 489 g/mol. The zero-order valence-electron chi connectivity index (χ0n) is 21.1. The number of nitrogens with zero attached hydrogens (tertiary/aromatic N) is 3. The summed E-state index contributed by atoms with van der Waals surface area (Å²) >= 11 is 0. The summed E-state index contributed by atoms with van der Waals surface area (Å²) in [5.41, 5.74) is 7.15. The Morgan fingerprint density at radius 3 is 2.08 bits per heavy atom. The Morgan fingerprint density at radius 2 is 1.38 bits per heavy atom. The third-order valence-electron chi connectivity index (χ3n) is 6.08. The van der Waals surface area contributed by atoms with Crippen LogP contribution in [0.4, 0.5) is 34.1 Å². The van der Waals surface area contributed by atoms with Gasteiger partial charge in [-0.3, -0.25) is 9.78 Å². The molecule has 37 heavy (non-hydrogen) atoms. The highest BCUT2D eigenvalue weighted by molar-refractivity contribution is 6.04. The third kappa shape index (κ3) is 5.67. The Hall–Kier alpha value is -4.91. The SMILES string of the molecule is CN(C)c1ccc2c(Nc3ccc(C(=O)Nc4ccc(Nc5cc[n+](C)cc5)cc4)cc3)ccnc2c1. The molecule has 7 heteroatoms. The zero-order valence-corrected chi connectivity index (χ0v) is 21.1. The number of rotatable bonds is 7. The van der Waals surface area contributed by atoms with Crippen molar-refractivity contribution < 1.29 is 9.36 Å². The normalized spacial score (nSPS) is 10.7. The summed E-state index contributed by atoms with van der Waals surface area (Å²) in [6.45, 7) is 0. The molecule has 0 saturated heterocycles. The molecule has 0 saturated carbocycles. The average Bonchev–Trinajstić information content (AvgIpc) is 2.91. The molecule has 0 unspecified atom stereocenters. The van der Waals surface area contributed by atoms with Crippen LogP contribution in [0.3, 0.4) is 0 Å². The predicted molar refractivity (Wildman–Crippen MR) is 151 cm³/mol. The molecule has 0 aliphatic rings. The Balaban J connectivity index is 1.23. The minimum Gasteiger partial charge on any atom is -0.378 e. The lowest BCUT2D eigenvalue weighted by atomic mass is 10.1. The lowest BCUT2D eigenvalue weighted by Crippen LogP contribution is -2.25. The van der Waals surface area contributed by atoms with Crippen LogP contribution in [0.15, 0.2) is 104 Å². The van der Waals surface area contributed by atoms with E-state index in [2.05, 4.69) is 44.0 Å². The molecule has 3 aromatic carbocycles. The molecular formula is C30H29N6O+. The molecule has 0 fully saturated rings. The topological polar surface area (TPSA) is 73.2 Å². The van der Waals surface area contributed by atoms with Crippen LogP contribution in [-0.4, -0.2) is 25.0 Å². The van der Waals surface area contributed by atoms with Crippen LogP contribution < -0.4 is 25.4 Å². The van der Waals surface area contributed by atoms with Gasteiger partial charge in [-0.05, 0) is 72.8 Å². The van der Waals surface area contributed by atoms with E-state index in [4.69, 9.17) is 0 Å². The van der Waals surface area contributed by atoms with Crippen molar-refractivity contribution in [2.45, 2.75) is 0 Å². The van der Waals surface area contributed by atoms with E-state index in [1.807, 2.05) is 105 Å². The number of hydrogen-bond donors (Lipinski definition) is 3. The highest BCUT2D eigenvalue weighted by Crippen LogP contribution is 2.28. The van der Waals surface area contributed by atoms with Crippen LogP contribution in [-0.2, 0) is 7.05 Å². The number of aryl methyl sites for hydroxylation is 1. The van der Waals surface area contributed by atoms with Gasteiger partial charge in [0.25, 0.3) is 5.91 Å². The summed E-state index contributed by atoms with van der Waals surface area (Å²) in [6, 6.07) is 27.3. The molecule has 7 nitrogen and oxygen atoms in total. The van der Waals surface area contributed by atoms with Gasteiger partial charge in [0.1, 0.15) is 7.05 Å². The molecule has 1 amide bonds. The van der Waals surface area contributed by atoms with E-state index in [1.54, 1.807) is 6.20 Å². The van der Waals surface area contributed by atoms with Gasteiger partial charge in [-0.2, -0.15) is 0 Å². The summed E-state index contributed by atoms with van der Waals surface area (Å²) < 4.78 is 1.98. The summed E-state index contributed by atoms with van der Waals surface area (Å²) in [4.78, 5) is 19.4. The van der Waals surface area contributed by atoms with Crippen molar-refractivity contribution in [3.8, 4) is 0 Å². The van der Waals surface area contributed by atoms with Crippen molar-refractivity contribution in [1.29, 1.82) is 0 Å². The van der Waals surface area contributed by atoms with Crippen LogP contribution in [0.1, 0.15) is 10.4 Å². The molecule has 0 radical (unpaired) electrons. The molecule has 0 bridgehead atoms. The van der Waals surface area contributed by atoms with Gasteiger partial charge in [-0.15, -0.1) is 0 Å². The van der Waals surface area contributed by atoms with Crippen molar-refractivity contribution in [2.75, 3.05) is 34.9 Å². The number of fused-ring (bicyclic) bond motifs is 1. The summed E-state index contributed by atoms with van der Waals surface area (Å²) in [5, 5.41) is 10.8. The van der Waals surface area contributed by atoms with Crippen LogP contribution in [0, 0.1) is 0 Å². The fraction of sp³-hybridized carbons (Fsp3) is 0.100. The van der Waals surface area contributed by atoms with Gasteiger partial charge in [0.15, 0.2) is 12.4 Å². The van der Waals surface area contributed by atoms with Crippen molar-refractivity contribution in [3.05, 3.63) is 109 Å². The minimum atomic E-state index is -0.159. The highest BCUT2D eigenvalue weighted by atomic mass is 16.1. The first-order valence-corrected chi connectivity index (χ1v) is 12.0. The molecule has 5 rings (SSSR count). The molecule has 2 heterocycles. The maximum Gasteiger partial charge on any atom is 0.255 e. The van der Waals surface area contributed by atoms with Crippen molar-refractivity contribution in [3.63, 3.8) is 0 Å². The molecular weight excluding hydrogens is 460 g/mol. The number of hydrogen-bond acceptors (Lipinski definition) is 5. The van der Waals surface area contributed by atoms with Crippen molar-refractivity contribution in [1.82, 2.24) is 4.98 Å². The number of carbonyl (C=O) groups excluding carboxylic acids is 1. The van der Waals surface area contributed by atoms with E-state index in [0.717, 1.165) is 45.0 Å². The van der Waals surface area contributed by atoms with Crippen molar-refractivity contribution >= 4 is 50.9 Å². The van der Waals surface area contributed by atoms with Gasteiger partial charge in [-0.1, -0.05) is 0 Å². The number of anilines is 6. The smallest absolute Gasteiger partial charge is 0.255 e. The van der Waals surface area contributed by atoms with E-state index < -0.39 is 0 Å². The van der Waals surface area contributed by atoms with Gasteiger partial charge in [-0.25, -0.2) is 4.57 Å². The number of aromatic nitrogens is 2. The minimum absolute atomic E-state index is 0.159. The fourth-order valence-corrected chi connectivity index (χ4v) is 3.98. The summed E-state index contributed by atoms with van der Waals surface area (Å²) in [6.07, 6.45) is 5.77. The molecule has 0 atom stereocenters. The Morgan fingerprint density at radius 1 is 0.757 bits per heavy atom. The first-order valence-electron chi connectivity index (χ1n) is 12.0. The van der Waals surface area contributed by atoms with Crippen LogP contribution in [0.5, 0.6) is 0 Å². The molecule has 184 valence electrons. The van der Waals surface area contributed by atoms with Crippen LogP contribution >= 0.6 is 0 Å². The van der Waals surface area contributed by atoms with Gasteiger partial charge in [0, 0.05) is 71.8 Å². The molecule has 0 aliphatic heterocycles. The standard InChI is InChI=1S/C30H28N6O/c1-35(2)26-12-13-27-28(14-17-31-29(27)20-26)33-23-6-4-21(5-7-23)30(37)34-24-10-8-22(9-11-24)32-25-15-18-36(3)19-16-25/h4-20H,1-3H3,(H2,31,33,34,37)/p+1. The maximum absolute atomic E-state index is 12.8. The Bertz CT molecular complexity index is 1530. The second-order valence-corrected chi connectivity index (χ2v) is 9.07. The largest absolute Gasteiger partial charge is 0.378 e. The highest BCUT2D eigenvalue weighted by Gasteiger charge is 2.08. The van der Waals surface area contributed by atoms with Gasteiger partial charge in [0.2, 0.25) is 0 Å². The molecule has 0 spiro atoms. The lowest BCUT2D eigenvalue weighted by Gasteiger charge is -2.14. The zero-order chi connectivity index (χ0) is 25.8. The quantitative estimate of drug-likeness (QED) is 0.250. The first kappa shape index (κ1) is 23.8. The third-order valence-corrected chi connectivity index (χ3v) is 6.08. The van der Waals surface area contributed by atoms with Crippen LogP contribution in [0.2, 0.25) is 0 Å². The Labute approximate surface area is 216 Å². The molecule has 5 aromatic rings. The predicted octanol–water partition coefficient (Wildman–Crippen LogP) is 5.86. The van der Waals surface area contributed by atoms with E-state index in [9.17, 15) is 4.79 Å². The van der Waals surface area contributed by atoms with Gasteiger partial charge in [0.05, 0.1) is 11.2 Å². The number of amides is 1. The van der Waals surface area contributed by atoms with Gasteiger partial charge >= 0.3 is 0 Å². The number of carbonyl (C=O) groups is 1. The van der Waals surface area contributed by atoms with E-state index >= 15 is 0 Å². The molecule has 0 aliphatic carbocycles. The van der Waals surface area contributed by atoms with E-state index in [-0.39, 0.29) is 5.91 Å².